The van der Waals surface area contributed by atoms with Gasteiger partial charge < -0.3 is 15.0 Å². The third-order valence-electron chi connectivity index (χ3n) is 3.62. The van der Waals surface area contributed by atoms with Gasteiger partial charge in [0.1, 0.15) is 5.82 Å². The van der Waals surface area contributed by atoms with Crippen LogP contribution in [0.1, 0.15) is 17.8 Å². The highest BCUT2D eigenvalue weighted by Gasteiger charge is 2.08. The van der Waals surface area contributed by atoms with Crippen LogP contribution in [0.25, 0.3) is 11.2 Å². The molecule has 0 atom stereocenters. The van der Waals surface area contributed by atoms with E-state index < -0.39 is 5.82 Å². The van der Waals surface area contributed by atoms with Crippen molar-refractivity contribution in [3.63, 3.8) is 0 Å². The van der Waals surface area contributed by atoms with Gasteiger partial charge in [-0.3, -0.25) is 4.79 Å². The van der Waals surface area contributed by atoms with Crippen LogP contribution >= 0.6 is 0 Å². The topological polar surface area (TPSA) is 79.9 Å². The lowest BCUT2D eigenvalue weighted by Gasteiger charge is -2.06. The number of imidazole rings is 1. The second kappa shape index (κ2) is 7.08. The Labute approximate surface area is 138 Å². The summed E-state index contributed by atoms with van der Waals surface area (Å²) in [7, 11) is 1.42. The molecule has 24 heavy (non-hydrogen) atoms. The number of benzene rings is 1. The van der Waals surface area contributed by atoms with E-state index in [-0.39, 0.29) is 18.1 Å². The first-order valence-corrected chi connectivity index (χ1v) is 7.54. The van der Waals surface area contributed by atoms with Gasteiger partial charge in [0.05, 0.1) is 19.2 Å². The van der Waals surface area contributed by atoms with E-state index in [9.17, 15) is 9.18 Å². The van der Waals surface area contributed by atoms with Gasteiger partial charge in [0, 0.05) is 12.6 Å². The number of methoxy groups -OCH3 is 1. The summed E-state index contributed by atoms with van der Waals surface area (Å²) in [4.78, 5) is 23.4. The molecular formula is C17H17FN4O2. The molecule has 0 aliphatic rings. The number of aromatic amines is 1. The third-order valence-corrected chi connectivity index (χ3v) is 3.62. The van der Waals surface area contributed by atoms with E-state index in [1.807, 2.05) is 12.1 Å². The smallest absolute Gasteiger partial charge is 0.220 e. The second-order valence-electron chi connectivity index (χ2n) is 5.30. The zero-order valence-corrected chi connectivity index (χ0v) is 13.2. The zero-order valence-electron chi connectivity index (χ0n) is 13.2. The first kappa shape index (κ1) is 15.9. The largest absolute Gasteiger partial charge is 0.494 e. The van der Waals surface area contributed by atoms with Crippen molar-refractivity contribution in [1.82, 2.24) is 20.3 Å². The molecule has 124 valence electrons. The molecule has 3 rings (SSSR count). The molecule has 2 N–H and O–H groups in total. The van der Waals surface area contributed by atoms with Crippen LogP contribution in [0.15, 0.2) is 36.5 Å². The van der Waals surface area contributed by atoms with Gasteiger partial charge in [-0.1, -0.05) is 6.07 Å². The van der Waals surface area contributed by atoms with Crippen LogP contribution in [0.5, 0.6) is 5.75 Å². The Kier molecular flexibility index (Phi) is 4.69. The molecule has 7 heteroatoms. The van der Waals surface area contributed by atoms with E-state index in [0.717, 1.165) is 11.1 Å². The number of carbonyl (C=O) groups is 1. The van der Waals surface area contributed by atoms with Gasteiger partial charge in [0.25, 0.3) is 0 Å². The lowest BCUT2D eigenvalue weighted by atomic mass is 10.1. The highest BCUT2D eigenvalue weighted by molar-refractivity contribution is 5.76. The SMILES string of the molecule is COc1ccc(CCC(=O)NCc2nc3ncccc3[nH]2)cc1F. The van der Waals surface area contributed by atoms with Gasteiger partial charge in [-0.05, 0) is 36.2 Å². The standard InChI is InChI=1S/C17H17FN4O2/c1-24-14-6-4-11(9-12(14)18)5-7-16(23)20-10-15-21-13-3-2-8-19-17(13)22-15/h2-4,6,8-9H,5,7,10H2,1H3,(H,20,23)(H,19,21,22). The number of amides is 1. The predicted octanol–water partition coefficient (Wildman–Crippen LogP) is 2.35. The van der Waals surface area contributed by atoms with E-state index in [2.05, 4.69) is 20.3 Å². The molecule has 1 aromatic carbocycles. The Hall–Kier alpha value is -2.96. The van der Waals surface area contributed by atoms with Crippen molar-refractivity contribution in [1.29, 1.82) is 0 Å². The third kappa shape index (κ3) is 3.68. The van der Waals surface area contributed by atoms with Crippen molar-refractivity contribution in [2.45, 2.75) is 19.4 Å². The highest BCUT2D eigenvalue weighted by Crippen LogP contribution is 2.18. The average Bonchev–Trinajstić information content (AvgIpc) is 3.01. The molecule has 0 unspecified atom stereocenters. The van der Waals surface area contributed by atoms with Gasteiger partial charge in [-0.15, -0.1) is 0 Å². The van der Waals surface area contributed by atoms with Crippen LogP contribution in [0, 0.1) is 5.82 Å². The highest BCUT2D eigenvalue weighted by atomic mass is 19.1. The molecule has 2 aromatic heterocycles. The first-order valence-electron chi connectivity index (χ1n) is 7.54. The fraction of sp³-hybridized carbons (Fsp3) is 0.235. The number of aromatic nitrogens is 3. The number of pyridine rings is 1. The summed E-state index contributed by atoms with van der Waals surface area (Å²) in [5.41, 5.74) is 2.20. The van der Waals surface area contributed by atoms with Crippen molar-refractivity contribution >= 4 is 17.1 Å². The molecule has 3 aromatic rings. The Morgan fingerprint density at radius 3 is 3.00 bits per heavy atom. The second-order valence-corrected chi connectivity index (χ2v) is 5.30. The van der Waals surface area contributed by atoms with E-state index in [0.29, 0.717) is 24.4 Å². The number of hydrogen-bond donors (Lipinski definition) is 2. The van der Waals surface area contributed by atoms with Gasteiger partial charge in [0.2, 0.25) is 5.91 Å². The fourth-order valence-electron chi connectivity index (χ4n) is 2.37. The van der Waals surface area contributed by atoms with Crippen molar-refractivity contribution in [3.8, 4) is 5.75 Å². The summed E-state index contributed by atoms with van der Waals surface area (Å²) in [5, 5.41) is 2.79. The number of nitrogens with one attached hydrogen (secondary N) is 2. The van der Waals surface area contributed by atoms with Crippen LogP contribution in [0.4, 0.5) is 4.39 Å². The molecular weight excluding hydrogens is 311 g/mol. The molecule has 0 radical (unpaired) electrons. The van der Waals surface area contributed by atoms with Crippen molar-refractivity contribution in [3.05, 3.63) is 53.7 Å². The van der Waals surface area contributed by atoms with E-state index in [1.54, 1.807) is 18.3 Å². The number of carbonyl (C=O) groups excluding carboxylic acids is 1. The van der Waals surface area contributed by atoms with Crippen LogP contribution in [-0.2, 0) is 17.8 Å². The Balaban J connectivity index is 1.51. The minimum absolute atomic E-state index is 0.125. The van der Waals surface area contributed by atoms with Crippen molar-refractivity contribution in [2.24, 2.45) is 0 Å². The zero-order chi connectivity index (χ0) is 16.9. The predicted molar refractivity (Wildman–Crippen MR) is 87.0 cm³/mol. The van der Waals surface area contributed by atoms with E-state index in [4.69, 9.17) is 4.74 Å². The summed E-state index contributed by atoms with van der Waals surface area (Å²) in [6.45, 7) is 0.298. The molecule has 0 fully saturated rings. The summed E-state index contributed by atoms with van der Waals surface area (Å²) in [6, 6.07) is 8.39. The maximum Gasteiger partial charge on any atom is 0.220 e. The molecule has 0 aliphatic heterocycles. The van der Waals surface area contributed by atoms with Gasteiger partial charge >= 0.3 is 0 Å². The van der Waals surface area contributed by atoms with Crippen LogP contribution < -0.4 is 10.1 Å². The number of rotatable bonds is 6. The maximum absolute atomic E-state index is 13.6. The monoisotopic (exact) mass is 328 g/mol. The number of aryl methyl sites for hydroxylation is 1. The minimum Gasteiger partial charge on any atom is -0.494 e. The Morgan fingerprint density at radius 1 is 1.38 bits per heavy atom. The van der Waals surface area contributed by atoms with Gasteiger partial charge in [-0.25, -0.2) is 14.4 Å². The van der Waals surface area contributed by atoms with Crippen LogP contribution in [-0.4, -0.2) is 28.0 Å². The minimum atomic E-state index is -0.426. The number of halogens is 1. The lowest BCUT2D eigenvalue weighted by Crippen LogP contribution is -2.23. The van der Waals surface area contributed by atoms with Crippen molar-refractivity contribution in [2.75, 3.05) is 7.11 Å². The molecule has 2 heterocycles. The molecule has 0 aliphatic carbocycles. The van der Waals surface area contributed by atoms with Crippen LogP contribution in [0.2, 0.25) is 0 Å². The molecule has 1 amide bonds. The number of H-pyrrole nitrogens is 1. The van der Waals surface area contributed by atoms with Gasteiger partial charge in [-0.2, -0.15) is 0 Å². The summed E-state index contributed by atoms with van der Waals surface area (Å²) in [6.07, 6.45) is 2.39. The summed E-state index contributed by atoms with van der Waals surface area (Å²) < 4.78 is 18.5. The first-order chi connectivity index (χ1) is 11.7. The summed E-state index contributed by atoms with van der Waals surface area (Å²) >= 11 is 0. The molecule has 6 nitrogen and oxygen atoms in total. The average molecular weight is 328 g/mol. The lowest BCUT2D eigenvalue weighted by molar-refractivity contribution is -0.121. The number of hydrogen-bond acceptors (Lipinski definition) is 4. The van der Waals surface area contributed by atoms with E-state index >= 15 is 0 Å². The molecule has 0 spiro atoms. The van der Waals surface area contributed by atoms with Crippen molar-refractivity contribution < 1.29 is 13.9 Å². The number of ether oxygens (including phenoxy) is 1. The van der Waals surface area contributed by atoms with Gasteiger partial charge in [0.15, 0.2) is 17.2 Å². The summed E-state index contributed by atoms with van der Waals surface area (Å²) in [5.74, 6) is 0.291. The molecule has 0 saturated heterocycles. The van der Waals surface area contributed by atoms with Crippen LogP contribution in [0.3, 0.4) is 0 Å². The normalized spacial score (nSPS) is 10.8. The Bertz CT molecular complexity index is 830. The quantitative estimate of drug-likeness (QED) is 0.728. The number of nitrogens with zero attached hydrogens (tertiary/aromatic N) is 2. The fourth-order valence-corrected chi connectivity index (χ4v) is 2.37. The maximum atomic E-state index is 13.6. The Morgan fingerprint density at radius 2 is 2.25 bits per heavy atom. The molecule has 0 bridgehead atoms. The van der Waals surface area contributed by atoms with E-state index in [1.165, 1.54) is 13.2 Å². The molecule has 0 saturated carbocycles. The number of fused-ring (bicyclic) bond motifs is 1.